The Morgan fingerprint density at radius 1 is 1.89 bits per heavy atom. The zero-order chi connectivity index (χ0) is 6.69. The quantitative estimate of drug-likeness (QED) is 0.607. The smallest absolute Gasteiger partial charge is 0.204 e. The maximum absolute atomic E-state index is 9.78. The van der Waals surface area contributed by atoms with Crippen molar-refractivity contribution in [1.29, 1.82) is 5.41 Å². The molecule has 0 atom stereocenters. The number of thiazole rings is 1. The highest BCUT2D eigenvalue weighted by molar-refractivity contribution is 7.07. The van der Waals surface area contributed by atoms with Gasteiger partial charge in [-0.15, -0.1) is 11.3 Å². The number of rotatable bonds is 2. The summed E-state index contributed by atoms with van der Waals surface area (Å²) in [5.74, 6) is 0. The standard InChI is InChI=1S/C5H5N2OS/c6-5-7-4(1-2-8)3-9-5/h3H,1H2,(H2,6,7). The van der Waals surface area contributed by atoms with Crippen molar-refractivity contribution in [2.24, 2.45) is 0 Å². The van der Waals surface area contributed by atoms with E-state index in [-0.39, 0.29) is 6.42 Å². The molecule has 3 nitrogen and oxygen atoms in total. The molecule has 0 aliphatic carbocycles. The van der Waals surface area contributed by atoms with Crippen molar-refractivity contribution in [2.75, 3.05) is 0 Å². The second-order valence-corrected chi connectivity index (χ2v) is 2.42. The lowest BCUT2D eigenvalue weighted by atomic mass is 10.4. The fourth-order valence-corrected chi connectivity index (χ4v) is 1.09. The first-order chi connectivity index (χ1) is 4.33. The van der Waals surface area contributed by atoms with Crippen LogP contribution in [0.2, 0.25) is 0 Å². The zero-order valence-electron chi connectivity index (χ0n) is 4.60. The van der Waals surface area contributed by atoms with Crippen LogP contribution in [0.25, 0.3) is 0 Å². The van der Waals surface area contributed by atoms with Crippen molar-refractivity contribution in [1.82, 2.24) is 4.98 Å². The average molecular weight is 141 g/mol. The number of nitrogens with one attached hydrogen (secondary N) is 2. The predicted octanol–water partition coefficient (Wildman–Crippen LogP) is 0.208. The molecule has 0 saturated heterocycles. The number of hydrogen-bond donors (Lipinski definition) is 2. The van der Waals surface area contributed by atoms with Crippen LogP contribution in [0, 0.1) is 5.41 Å². The third kappa shape index (κ3) is 1.50. The lowest BCUT2D eigenvalue weighted by Gasteiger charge is -1.78. The summed E-state index contributed by atoms with van der Waals surface area (Å²) < 4.78 is 0. The summed E-state index contributed by atoms with van der Waals surface area (Å²) in [4.78, 5) is 12.9. The molecule has 0 spiro atoms. The molecule has 9 heavy (non-hydrogen) atoms. The summed E-state index contributed by atoms with van der Waals surface area (Å²) in [5, 5.41) is 8.77. The molecule has 1 rings (SSSR count). The van der Waals surface area contributed by atoms with Gasteiger partial charge < -0.3 is 4.98 Å². The molecule has 0 amide bonds. The monoisotopic (exact) mass is 141 g/mol. The van der Waals surface area contributed by atoms with Gasteiger partial charge in [-0.05, 0) is 0 Å². The van der Waals surface area contributed by atoms with Crippen molar-refractivity contribution in [3.63, 3.8) is 0 Å². The molecular formula is C5H5N2OS. The van der Waals surface area contributed by atoms with E-state index in [1.54, 1.807) is 11.7 Å². The lowest BCUT2D eigenvalue weighted by molar-refractivity contribution is 0.554. The average Bonchev–Trinajstić information content (AvgIpc) is 2.17. The van der Waals surface area contributed by atoms with E-state index >= 15 is 0 Å². The number of aromatic nitrogens is 1. The van der Waals surface area contributed by atoms with E-state index in [2.05, 4.69) is 4.98 Å². The van der Waals surface area contributed by atoms with Gasteiger partial charge in [-0.2, -0.15) is 0 Å². The second kappa shape index (κ2) is 2.59. The van der Waals surface area contributed by atoms with Gasteiger partial charge in [0.15, 0.2) is 4.80 Å². The van der Waals surface area contributed by atoms with Crippen LogP contribution >= 0.6 is 11.3 Å². The fraction of sp³-hybridized carbons (Fsp3) is 0.200. The molecular weight excluding hydrogens is 136 g/mol. The molecule has 0 bridgehead atoms. The Morgan fingerprint density at radius 2 is 2.67 bits per heavy atom. The molecule has 0 unspecified atom stereocenters. The molecule has 2 N–H and O–H groups in total. The van der Waals surface area contributed by atoms with Crippen LogP contribution in [-0.4, -0.2) is 11.3 Å². The van der Waals surface area contributed by atoms with Crippen molar-refractivity contribution in [3.05, 3.63) is 15.9 Å². The Hall–Kier alpha value is -0.900. The van der Waals surface area contributed by atoms with Gasteiger partial charge in [-0.1, -0.05) is 0 Å². The van der Waals surface area contributed by atoms with Crippen LogP contribution in [0.3, 0.4) is 0 Å². The van der Waals surface area contributed by atoms with E-state index in [0.717, 1.165) is 5.69 Å². The van der Waals surface area contributed by atoms with Gasteiger partial charge in [0.25, 0.3) is 0 Å². The van der Waals surface area contributed by atoms with Crippen LogP contribution in [0.15, 0.2) is 5.38 Å². The summed E-state index contributed by atoms with van der Waals surface area (Å²) in [6, 6.07) is 0. The normalized spacial score (nSPS) is 9.33. The van der Waals surface area contributed by atoms with E-state index in [1.165, 1.54) is 11.3 Å². The maximum atomic E-state index is 9.78. The lowest BCUT2D eigenvalue weighted by Crippen LogP contribution is -1.95. The van der Waals surface area contributed by atoms with Crippen molar-refractivity contribution in [3.8, 4) is 0 Å². The van der Waals surface area contributed by atoms with Gasteiger partial charge >= 0.3 is 0 Å². The van der Waals surface area contributed by atoms with E-state index < -0.39 is 0 Å². The molecule has 47 valence electrons. The maximum Gasteiger partial charge on any atom is 0.204 e. The number of aromatic amines is 1. The Balaban J connectivity index is 2.84. The van der Waals surface area contributed by atoms with E-state index in [4.69, 9.17) is 5.41 Å². The predicted molar refractivity (Wildman–Crippen MR) is 33.9 cm³/mol. The summed E-state index contributed by atoms with van der Waals surface area (Å²) in [7, 11) is 0. The number of H-pyrrole nitrogens is 1. The minimum absolute atomic E-state index is 0.259. The minimum atomic E-state index is 0.259. The topological polar surface area (TPSA) is 56.7 Å². The first kappa shape index (κ1) is 6.22. The first-order valence-electron chi connectivity index (χ1n) is 2.39. The van der Waals surface area contributed by atoms with Gasteiger partial charge in [0.05, 0.1) is 6.42 Å². The van der Waals surface area contributed by atoms with Gasteiger partial charge in [-0.25, -0.2) is 0 Å². The molecule has 0 aliphatic rings. The van der Waals surface area contributed by atoms with E-state index in [0.29, 0.717) is 4.80 Å². The summed E-state index contributed by atoms with van der Waals surface area (Å²) in [5.41, 5.74) is 0.764. The molecule has 1 aromatic heterocycles. The molecule has 0 fully saturated rings. The van der Waals surface area contributed by atoms with Crippen molar-refractivity contribution >= 4 is 17.6 Å². The highest BCUT2D eigenvalue weighted by Crippen LogP contribution is 1.93. The second-order valence-electron chi connectivity index (χ2n) is 1.54. The largest absolute Gasteiger partial charge is 0.334 e. The highest BCUT2D eigenvalue weighted by Gasteiger charge is 1.91. The Bertz CT molecular complexity index is 249. The Kier molecular flexibility index (Phi) is 1.79. The summed E-state index contributed by atoms with van der Waals surface area (Å²) >= 11 is 1.28. The van der Waals surface area contributed by atoms with E-state index in [9.17, 15) is 4.79 Å². The third-order valence-corrected chi connectivity index (χ3v) is 1.60. The molecule has 1 aromatic rings. The van der Waals surface area contributed by atoms with Crippen molar-refractivity contribution < 1.29 is 4.79 Å². The molecule has 4 heteroatoms. The molecule has 0 aromatic carbocycles. The third-order valence-electron chi connectivity index (χ3n) is 0.856. The Morgan fingerprint density at radius 3 is 3.11 bits per heavy atom. The van der Waals surface area contributed by atoms with Crippen LogP contribution in [0.4, 0.5) is 0 Å². The van der Waals surface area contributed by atoms with Crippen LogP contribution in [0.5, 0.6) is 0 Å². The minimum Gasteiger partial charge on any atom is -0.334 e. The Labute approximate surface area is 55.9 Å². The van der Waals surface area contributed by atoms with Crippen LogP contribution in [0.1, 0.15) is 5.69 Å². The summed E-state index contributed by atoms with van der Waals surface area (Å²) in [6.07, 6.45) is 2.00. The number of carbonyl (C=O) groups excluding carboxylic acids is 1. The van der Waals surface area contributed by atoms with Crippen molar-refractivity contribution in [2.45, 2.75) is 6.42 Å². The molecule has 0 saturated carbocycles. The zero-order valence-corrected chi connectivity index (χ0v) is 5.42. The SMILES string of the molecule is N=c1[nH]c(C[C]=O)cs1. The summed E-state index contributed by atoms with van der Waals surface area (Å²) in [6.45, 7) is 0. The van der Waals surface area contributed by atoms with Crippen LogP contribution in [-0.2, 0) is 11.2 Å². The van der Waals surface area contributed by atoms with E-state index in [1.807, 2.05) is 0 Å². The highest BCUT2D eigenvalue weighted by atomic mass is 32.1. The first-order valence-corrected chi connectivity index (χ1v) is 3.27. The van der Waals surface area contributed by atoms with Gasteiger partial charge in [-0.3, -0.25) is 10.2 Å². The fourth-order valence-electron chi connectivity index (χ4n) is 0.498. The van der Waals surface area contributed by atoms with Gasteiger partial charge in [0, 0.05) is 11.1 Å². The number of hydrogen-bond acceptors (Lipinski definition) is 3. The van der Waals surface area contributed by atoms with Crippen LogP contribution < -0.4 is 4.80 Å². The molecule has 0 aliphatic heterocycles. The van der Waals surface area contributed by atoms with Gasteiger partial charge in [0.1, 0.15) is 0 Å². The van der Waals surface area contributed by atoms with Gasteiger partial charge in [0.2, 0.25) is 6.29 Å². The molecule has 1 heterocycles. The molecule has 1 radical (unpaired) electrons.